The molecular formula is C20H23N7S. The molecule has 7 nitrogen and oxygen atoms in total. The number of fused-ring (bicyclic) bond motifs is 1. The smallest absolute Gasteiger partial charge is 0.220 e. The van der Waals surface area contributed by atoms with Crippen LogP contribution in [0.4, 0.5) is 5.95 Å². The van der Waals surface area contributed by atoms with E-state index < -0.39 is 0 Å². The summed E-state index contributed by atoms with van der Waals surface area (Å²) >= 11 is 1.66. The molecule has 5 N–H and O–H groups in total. The highest BCUT2D eigenvalue weighted by Gasteiger charge is 2.15. The zero-order chi connectivity index (χ0) is 19.5. The van der Waals surface area contributed by atoms with Crippen LogP contribution in [0.2, 0.25) is 0 Å². The van der Waals surface area contributed by atoms with Gasteiger partial charge in [0.25, 0.3) is 0 Å². The molecule has 28 heavy (non-hydrogen) atoms. The summed E-state index contributed by atoms with van der Waals surface area (Å²) in [6.45, 7) is 4.55. The van der Waals surface area contributed by atoms with E-state index >= 15 is 0 Å². The van der Waals surface area contributed by atoms with Gasteiger partial charge in [0.1, 0.15) is 0 Å². The molecule has 0 aliphatic carbocycles. The molecule has 0 saturated heterocycles. The molecule has 0 fully saturated rings. The maximum absolute atomic E-state index is 6.23. The lowest BCUT2D eigenvalue weighted by Crippen LogP contribution is -2.17. The first-order valence-corrected chi connectivity index (χ1v) is 10.1. The van der Waals surface area contributed by atoms with Crippen molar-refractivity contribution < 1.29 is 0 Å². The van der Waals surface area contributed by atoms with Crippen LogP contribution in [-0.2, 0) is 19.4 Å². The first-order valence-electron chi connectivity index (χ1n) is 9.28. The quantitative estimate of drug-likeness (QED) is 0.462. The van der Waals surface area contributed by atoms with Crippen molar-refractivity contribution >= 4 is 23.1 Å². The van der Waals surface area contributed by atoms with Crippen LogP contribution in [0.3, 0.4) is 0 Å². The molecule has 0 spiro atoms. The van der Waals surface area contributed by atoms with Gasteiger partial charge in [0.15, 0.2) is 10.8 Å². The van der Waals surface area contributed by atoms with E-state index in [1.165, 1.54) is 4.88 Å². The van der Waals surface area contributed by atoms with E-state index in [9.17, 15) is 0 Å². The van der Waals surface area contributed by atoms with E-state index in [-0.39, 0.29) is 5.95 Å². The highest BCUT2D eigenvalue weighted by atomic mass is 32.1. The van der Waals surface area contributed by atoms with Crippen LogP contribution >= 0.6 is 11.3 Å². The zero-order valence-corrected chi connectivity index (χ0v) is 16.6. The Balaban J connectivity index is 1.51. The Morgan fingerprint density at radius 2 is 2.07 bits per heavy atom. The summed E-state index contributed by atoms with van der Waals surface area (Å²) in [5.74, 6) is 0.785. The molecular weight excluding hydrogens is 370 g/mol. The summed E-state index contributed by atoms with van der Waals surface area (Å²) < 4.78 is 0. The Labute approximate surface area is 168 Å². The van der Waals surface area contributed by atoms with Gasteiger partial charge < -0.3 is 16.8 Å². The predicted octanol–water partition coefficient (Wildman–Crippen LogP) is 2.08. The van der Waals surface area contributed by atoms with Crippen molar-refractivity contribution in [3.63, 3.8) is 0 Å². The minimum Gasteiger partial charge on any atom is -0.381 e. The number of nitrogen functional groups attached to an aromatic ring is 1. The molecule has 0 unspecified atom stereocenters. The summed E-state index contributed by atoms with van der Waals surface area (Å²) in [5, 5.41) is 4.22. The lowest BCUT2D eigenvalue weighted by molar-refractivity contribution is 0.708. The number of anilines is 1. The number of benzene rings is 1. The highest BCUT2D eigenvalue weighted by Crippen LogP contribution is 2.23. The number of aryl methyl sites for hydroxylation is 1. The van der Waals surface area contributed by atoms with E-state index in [0.29, 0.717) is 12.4 Å². The molecule has 0 saturated carbocycles. The molecule has 0 atom stereocenters. The van der Waals surface area contributed by atoms with Gasteiger partial charge in [-0.15, -0.1) is 11.3 Å². The number of nitrogens with two attached hydrogens (primary N) is 2. The summed E-state index contributed by atoms with van der Waals surface area (Å²) in [6.07, 6.45) is 3.62. The van der Waals surface area contributed by atoms with Crippen LogP contribution in [0, 0.1) is 6.92 Å². The molecule has 8 heteroatoms. The lowest BCUT2D eigenvalue weighted by Gasteiger charge is -2.07. The number of nitrogens with zero attached hydrogens (tertiary/aromatic N) is 4. The number of hydrogen-bond donors (Lipinski definition) is 3. The molecule has 0 bridgehead atoms. The maximum atomic E-state index is 6.23. The largest absolute Gasteiger partial charge is 0.381 e. The summed E-state index contributed by atoms with van der Waals surface area (Å²) in [4.78, 5) is 18.8. The number of nitrogens with one attached hydrogen (secondary N) is 1. The van der Waals surface area contributed by atoms with Gasteiger partial charge >= 0.3 is 0 Å². The fraction of sp³-hybridized carbons (Fsp3) is 0.300. The molecule has 3 heterocycles. The van der Waals surface area contributed by atoms with Crippen LogP contribution in [0.15, 0.2) is 35.5 Å². The Morgan fingerprint density at radius 3 is 2.89 bits per heavy atom. The van der Waals surface area contributed by atoms with Crippen molar-refractivity contribution in [2.75, 3.05) is 18.8 Å². The second kappa shape index (κ2) is 8.04. The molecule has 1 aliphatic rings. The van der Waals surface area contributed by atoms with Crippen LogP contribution in [0.1, 0.15) is 26.7 Å². The SMILES string of the molecule is Cc1cc(-c2ccnc(N)n2)ccc1CN=C(N)c1nc2c(s1)CCNCC2. The van der Waals surface area contributed by atoms with E-state index in [4.69, 9.17) is 16.5 Å². The number of thiazole rings is 1. The second-order valence-corrected chi connectivity index (χ2v) is 7.87. The normalized spacial score (nSPS) is 14.5. The van der Waals surface area contributed by atoms with E-state index in [0.717, 1.165) is 59.0 Å². The molecule has 1 aliphatic heterocycles. The van der Waals surface area contributed by atoms with Crippen molar-refractivity contribution in [2.45, 2.75) is 26.3 Å². The topological polar surface area (TPSA) is 115 Å². The number of amidine groups is 1. The van der Waals surface area contributed by atoms with Crippen molar-refractivity contribution in [2.24, 2.45) is 10.7 Å². The zero-order valence-electron chi connectivity index (χ0n) is 15.8. The second-order valence-electron chi connectivity index (χ2n) is 6.78. The van der Waals surface area contributed by atoms with Crippen LogP contribution in [0.5, 0.6) is 0 Å². The molecule has 144 valence electrons. The van der Waals surface area contributed by atoms with Gasteiger partial charge in [0.05, 0.1) is 17.9 Å². The average Bonchev–Trinajstić information content (AvgIpc) is 2.97. The molecule has 3 aromatic rings. The Bertz CT molecular complexity index is 1000. The monoisotopic (exact) mass is 393 g/mol. The van der Waals surface area contributed by atoms with E-state index in [1.54, 1.807) is 17.5 Å². The van der Waals surface area contributed by atoms with Gasteiger partial charge in [-0.25, -0.2) is 15.0 Å². The molecule has 0 amide bonds. The molecule has 0 radical (unpaired) electrons. The highest BCUT2D eigenvalue weighted by molar-refractivity contribution is 7.13. The van der Waals surface area contributed by atoms with Crippen molar-refractivity contribution in [1.82, 2.24) is 20.3 Å². The van der Waals surface area contributed by atoms with E-state index in [2.05, 4.69) is 39.3 Å². The minimum atomic E-state index is 0.272. The van der Waals surface area contributed by atoms with Crippen molar-refractivity contribution in [3.05, 3.63) is 57.2 Å². The third-order valence-electron chi connectivity index (χ3n) is 4.80. The van der Waals surface area contributed by atoms with Gasteiger partial charge in [0.2, 0.25) is 5.95 Å². The number of aromatic nitrogens is 3. The average molecular weight is 394 g/mol. The minimum absolute atomic E-state index is 0.272. The van der Waals surface area contributed by atoms with E-state index in [1.807, 2.05) is 12.1 Å². The summed E-state index contributed by atoms with van der Waals surface area (Å²) in [7, 11) is 0. The Kier molecular flexibility index (Phi) is 5.31. The Hall–Kier alpha value is -2.84. The summed E-state index contributed by atoms with van der Waals surface area (Å²) in [5.41, 5.74) is 17.1. The van der Waals surface area contributed by atoms with Crippen LogP contribution in [0.25, 0.3) is 11.3 Å². The van der Waals surface area contributed by atoms with Crippen LogP contribution in [-0.4, -0.2) is 33.9 Å². The molecule has 2 aromatic heterocycles. The van der Waals surface area contributed by atoms with Gasteiger partial charge in [-0.1, -0.05) is 12.1 Å². The third-order valence-corrected chi connectivity index (χ3v) is 5.98. The maximum Gasteiger partial charge on any atom is 0.220 e. The van der Waals surface area contributed by atoms with Crippen LogP contribution < -0.4 is 16.8 Å². The standard InChI is InChI=1S/C20H23N7S/c1-12-10-13(15-5-9-24-20(22)27-15)2-3-14(12)11-25-18(21)19-26-16-4-7-23-8-6-17(16)28-19/h2-3,5,9-10,23H,4,6-8,11H2,1H3,(H2,21,25)(H2,22,24,27). The predicted molar refractivity (Wildman–Crippen MR) is 113 cm³/mol. The molecule has 1 aromatic carbocycles. The number of rotatable bonds is 4. The van der Waals surface area contributed by atoms with Gasteiger partial charge in [-0.2, -0.15) is 0 Å². The first kappa shape index (κ1) is 18.5. The van der Waals surface area contributed by atoms with Gasteiger partial charge in [-0.3, -0.25) is 4.99 Å². The fourth-order valence-corrected chi connectivity index (χ4v) is 4.25. The number of hydrogen-bond acceptors (Lipinski definition) is 7. The van der Waals surface area contributed by atoms with Gasteiger partial charge in [0, 0.05) is 36.1 Å². The number of aliphatic imine (C=N–C) groups is 1. The summed E-state index contributed by atoms with van der Waals surface area (Å²) in [6, 6.07) is 8.02. The lowest BCUT2D eigenvalue weighted by atomic mass is 10.0. The third kappa shape index (κ3) is 4.02. The Morgan fingerprint density at radius 1 is 1.21 bits per heavy atom. The van der Waals surface area contributed by atoms with Crippen molar-refractivity contribution in [3.8, 4) is 11.3 Å². The molecule has 4 rings (SSSR count). The van der Waals surface area contributed by atoms with Gasteiger partial charge in [-0.05, 0) is 36.6 Å². The van der Waals surface area contributed by atoms with Crippen molar-refractivity contribution in [1.29, 1.82) is 0 Å². The first-order chi connectivity index (χ1) is 13.6. The fourth-order valence-electron chi connectivity index (χ4n) is 3.22.